The van der Waals surface area contributed by atoms with Crippen LogP contribution in [0.25, 0.3) is 0 Å². The van der Waals surface area contributed by atoms with Gasteiger partial charge in [-0.25, -0.2) is 4.98 Å². The van der Waals surface area contributed by atoms with Crippen LogP contribution in [0.5, 0.6) is 0 Å². The van der Waals surface area contributed by atoms with E-state index in [1.54, 1.807) is 11.9 Å². The Morgan fingerprint density at radius 2 is 2.10 bits per heavy atom. The topological polar surface area (TPSA) is 28.5 Å². The molecule has 1 heterocycles. The molecule has 1 rings (SSSR count). The third-order valence-electron chi connectivity index (χ3n) is 3.18. The second-order valence-electron chi connectivity index (χ2n) is 4.49. The van der Waals surface area contributed by atoms with Gasteiger partial charge in [0.15, 0.2) is 0 Å². The normalized spacial score (nSPS) is 13.8. The van der Waals surface area contributed by atoms with Crippen LogP contribution in [0.15, 0.2) is 11.1 Å². The molecule has 3 nitrogen and oxygen atoms in total. The largest absolute Gasteiger partial charge is 0.417 e. The zero-order valence-electron chi connectivity index (χ0n) is 11.8. The minimum Gasteiger partial charge on any atom is -0.357 e. The summed E-state index contributed by atoms with van der Waals surface area (Å²) in [6, 6.07) is 1.07. The molecule has 0 saturated heterocycles. The van der Waals surface area contributed by atoms with Crippen LogP contribution in [0.2, 0.25) is 5.15 Å². The molecular weight excluding hydrogens is 291 g/mol. The molecule has 0 fully saturated rings. The van der Waals surface area contributed by atoms with Gasteiger partial charge in [-0.15, -0.1) is 0 Å². The van der Waals surface area contributed by atoms with E-state index in [-0.39, 0.29) is 22.6 Å². The zero-order valence-corrected chi connectivity index (χ0v) is 12.5. The summed E-state index contributed by atoms with van der Waals surface area (Å²) in [6.07, 6.45) is -2.64. The maximum Gasteiger partial charge on any atom is 0.417 e. The summed E-state index contributed by atoms with van der Waals surface area (Å²) in [5.74, 6) is 0.199. The molecule has 0 aliphatic heterocycles. The number of alkyl halides is 3. The summed E-state index contributed by atoms with van der Waals surface area (Å²) in [4.78, 5) is 9.31. The van der Waals surface area contributed by atoms with E-state index in [1.165, 1.54) is 7.05 Å². The Kier molecular flexibility index (Phi) is 5.39. The Morgan fingerprint density at radius 3 is 2.55 bits per heavy atom. The van der Waals surface area contributed by atoms with Gasteiger partial charge in [-0.3, -0.25) is 4.99 Å². The lowest BCUT2D eigenvalue weighted by molar-refractivity contribution is -0.137. The van der Waals surface area contributed by atoms with Gasteiger partial charge in [0.1, 0.15) is 11.0 Å². The summed E-state index contributed by atoms with van der Waals surface area (Å²) in [5.41, 5.74) is -1.03. The lowest BCUT2D eigenvalue weighted by Gasteiger charge is -2.26. The molecule has 0 amide bonds. The molecule has 1 aromatic rings. The van der Waals surface area contributed by atoms with E-state index in [2.05, 4.69) is 9.98 Å². The van der Waals surface area contributed by atoms with Crippen molar-refractivity contribution in [3.63, 3.8) is 0 Å². The molecular formula is C13H17ClF3N3. The van der Waals surface area contributed by atoms with Crippen molar-refractivity contribution >= 4 is 23.6 Å². The molecule has 0 radical (unpaired) electrons. The van der Waals surface area contributed by atoms with Crippen molar-refractivity contribution in [1.82, 2.24) is 4.98 Å². The molecule has 0 spiro atoms. The van der Waals surface area contributed by atoms with E-state index in [0.29, 0.717) is 0 Å². The standard InChI is InChI=1S/C13H17ClF3N3/c1-5-8(2)20(4)11-6-10(13(15,16)17)9(7-18-3)12(14)19-11/h6-8H,5H2,1-4H3. The molecule has 0 N–H and O–H groups in total. The number of anilines is 1. The average Bonchev–Trinajstić information content (AvgIpc) is 2.37. The second kappa shape index (κ2) is 6.43. The molecule has 0 aliphatic rings. The molecule has 0 aromatic carbocycles. The fourth-order valence-electron chi connectivity index (χ4n) is 1.68. The molecule has 0 aliphatic carbocycles. The second-order valence-corrected chi connectivity index (χ2v) is 4.84. The molecule has 7 heteroatoms. The molecule has 1 unspecified atom stereocenters. The Morgan fingerprint density at radius 1 is 1.50 bits per heavy atom. The van der Waals surface area contributed by atoms with Crippen molar-refractivity contribution in [1.29, 1.82) is 0 Å². The first-order valence-corrected chi connectivity index (χ1v) is 6.52. The van der Waals surface area contributed by atoms with E-state index in [0.717, 1.165) is 18.7 Å². The van der Waals surface area contributed by atoms with Gasteiger partial charge in [0.25, 0.3) is 0 Å². The molecule has 20 heavy (non-hydrogen) atoms. The number of aliphatic imine (C=N–C) groups is 1. The van der Waals surface area contributed by atoms with Crippen LogP contribution >= 0.6 is 11.6 Å². The average molecular weight is 308 g/mol. The summed E-state index contributed by atoms with van der Waals surface area (Å²) in [5, 5.41) is -0.199. The third-order valence-corrected chi connectivity index (χ3v) is 3.46. The number of halogens is 4. The highest BCUT2D eigenvalue weighted by Gasteiger charge is 2.35. The van der Waals surface area contributed by atoms with Crippen LogP contribution in [0.3, 0.4) is 0 Å². The first-order chi connectivity index (χ1) is 9.22. The minimum absolute atomic E-state index is 0.0605. The highest BCUT2D eigenvalue weighted by atomic mass is 35.5. The Bertz CT molecular complexity index is 500. The van der Waals surface area contributed by atoms with Crippen LogP contribution in [0.4, 0.5) is 19.0 Å². The molecule has 0 saturated carbocycles. The number of aromatic nitrogens is 1. The minimum atomic E-state index is -4.51. The Labute approximate surface area is 121 Å². The Hall–Kier alpha value is -1.30. The van der Waals surface area contributed by atoms with E-state index in [9.17, 15) is 13.2 Å². The fourth-order valence-corrected chi connectivity index (χ4v) is 1.92. The van der Waals surface area contributed by atoms with Gasteiger partial charge in [0.2, 0.25) is 0 Å². The van der Waals surface area contributed by atoms with E-state index < -0.39 is 11.7 Å². The maximum absolute atomic E-state index is 13.1. The Balaban J connectivity index is 3.43. The van der Waals surface area contributed by atoms with Crippen LogP contribution in [0.1, 0.15) is 31.4 Å². The lowest BCUT2D eigenvalue weighted by Crippen LogP contribution is -2.29. The smallest absolute Gasteiger partial charge is 0.357 e. The quantitative estimate of drug-likeness (QED) is 0.620. The summed E-state index contributed by atoms with van der Waals surface area (Å²) < 4.78 is 39.3. The summed E-state index contributed by atoms with van der Waals surface area (Å²) in [6.45, 7) is 3.86. The first kappa shape index (κ1) is 16.8. The number of hydrogen-bond acceptors (Lipinski definition) is 3. The summed E-state index contributed by atoms with van der Waals surface area (Å²) in [7, 11) is 3.08. The van der Waals surface area contributed by atoms with Gasteiger partial charge in [-0.2, -0.15) is 13.2 Å². The van der Waals surface area contributed by atoms with E-state index >= 15 is 0 Å². The van der Waals surface area contributed by atoms with Crippen molar-refractivity contribution < 1.29 is 13.2 Å². The summed E-state index contributed by atoms with van der Waals surface area (Å²) >= 11 is 5.88. The molecule has 1 aromatic heterocycles. The predicted molar refractivity (Wildman–Crippen MR) is 75.9 cm³/mol. The molecule has 112 valence electrons. The van der Waals surface area contributed by atoms with Gasteiger partial charge in [0.05, 0.1) is 5.56 Å². The highest BCUT2D eigenvalue weighted by Crippen LogP contribution is 2.36. The van der Waals surface area contributed by atoms with Gasteiger partial charge < -0.3 is 4.90 Å². The molecule has 1 atom stereocenters. The van der Waals surface area contributed by atoms with Crippen molar-refractivity contribution in [3.05, 3.63) is 22.3 Å². The predicted octanol–water partition coefficient (Wildman–Crippen LogP) is 4.04. The zero-order chi connectivity index (χ0) is 15.5. The monoisotopic (exact) mass is 307 g/mol. The van der Waals surface area contributed by atoms with E-state index in [4.69, 9.17) is 11.6 Å². The third kappa shape index (κ3) is 3.62. The van der Waals surface area contributed by atoms with Crippen molar-refractivity contribution in [2.75, 3.05) is 19.0 Å². The SMILES string of the molecule is CCC(C)N(C)c1cc(C(F)(F)F)c(C=NC)c(Cl)n1. The van der Waals surface area contributed by atoms with Crippen molar-refractivity contribution in [3.8, 4) is 0 Å². The lowest BCUT2D eigenvalue weighted by atomic mass is 10.1. The number of pyridine rings is 1. The van der Waals surface area contributed by atoms with Gasteiger partial charge in [-0.05, 0) is 19.4 Å². The number of rotatable bonds is 4. The van der Waals surface area contributed by atoms with Gasteiger partial charge in [-0.1, -0.05) is 18.5 Å². The first-order valence-electron chi connectivity index (χ1n) is 6.15. The van der Waals surface area contributed by atoms with Gasteiger partial charge in [0, 0.05) is 31.9 Å². The highest BCUT2D eigenvalue weighted by molar-refractivity contribution is 6.32. The van der Waals surface area contributed by atoms with Gasteiger partial charge >= 0.3 is 6.18 Å². The van der Waals surface area contributed by atoms with E-state index in [1.807, 2.05) is 13.8 Å². The van der Waals surface area contributed by atoms with Crippen LogP contribution in [-0.2, 0) is 6.18 Å². The van der Waals surface area contributed by atoms with Crippen molar-refractivity contribution in [2.24, 2.45) is 4.99 Å². The molecule has 0 bridgehead atoms. The maximum atomic E-state index is 13.1. The van der Waals surface area contributed by atoms with Crippen LogP contribution in [0, 0.1) is 0 Å². The fraction of sp³-hybridized carbons (Fsp3) is 0.538. The number of nitrogens with zero attached hydrogens (tertiary/aromatic N) is 3. The van der Waals surface area contributed by atoms with Crippen molar-refractivity contribution in [2.45, 2.75) is 32.5 Å². The van der Waals surface area contributed by atoms with Crippen LogP contribution < -0.4 is 4.90 Å². The number of hydrogen-bond donors (Lipinski definition) is 0. The van der Waals surface area contributed by atoms with Crippen LogP contribution in [-0.4, -0.2) is 31.3 Å².